The first-order chi connectivity index (χ1) is 13.2. The lowest BCUT2D eigenvalue weighted by Gasteiger charge is -1.99. The summed E-state index contributed by atoms with van der Waals surface area (Å²) in [5.41, 5.74) is 2.42. The third-order valence-electron chi connectivity index (χ3n) is 3.82. The van der Waals surface area contributed by atoms with Crippen LogP contribution in [0.2, 0.25) is 0 Å². The number of hydrogen-bond acceptors (Lipinski definition) is 7. The van der Waals surface area contributed by atoms with E-state index in [2.05, 4.69) is 15.2 Å². The predicted molar refractivity (Wildman–Crippen MR) is 101 cm³/mol. The van der Waals surface area contributed by atoms with Crippen LogP contribution in [0, 0.1) is 6.92 Å². The van der Waals surface area contributed by atoms with E-state index in [0.717, 1.165) is 16.1 Å². The third kappa shape index (κ3) is 3.78. The number of ether oxygens (including phenoxy) is 1. The Bertz CT molecular complexity index is 1060. The average Bonchev–Trinajstić information content (AvgIpc) is 3.34. The number of aromatic nitrogens is 3. The number of carbonyl (C=O) groups excluding carboxylic acids is 1. The summed E-state index contributed by atoms with van der Waals surface area (Å²) in [7, 11) is 0. The van der Waals surface area contributed by atoms with Gasteiger partial charge in [-0.05, 0) is 19.1 Å². The van der Waals surface area contributed by atoms with Gasteiger partial charge in [-0.2, -0.15) is 0 Å². The molecule has 2 aromatic carbocycles. The van der Waals surface area contributed by atoms with E-state index in [9.17, 15) is 4.79 Å². The molecule has 4 rings (SSSR count). The summed E-state index contributed by atoms with van der Waals surface area (Å²) in [6, 6.07) is 19.1. The first-order valence-corrected chi connectivity index (χ1v) is 9.10. The van der Waals surface area contributed by atoms with E-state index in [1.165, 1.54) is 11.3 Å². The van der Waals surface area contributed by atoms with E-state index in [1.807, 2.05) is 60.7 Å². The largest absolute Gasteiger partial charge is 0.451 e. The number of rotatable bonds is 5. The fraction of sp³-hybridized carbons (Fsp3) is 0.100. The molecule has 0 atom stereocenters. The van der Waals surface area contributed by atoms with Crippen LogP contribution in [0.4, 0.5) is 0 Å². The van der Waals surface area contributed by atoms with Crippen molar-refractivity contribution >= 4 is 17.3 Å². The number of esters is 1. The minimum absolute atomic E-state index is 0.0866. The molecule has 7 heteroatoms. The Balaban J connectivity index is 1.45. The smallest absolute Gasteiger partial charge is 0.350 e. The van der Waals surface area contributed by atoms with Crippen LogP contribution in [-0.4, -0.2) is 21.2 Å². The maximum Gasteiger partial charge on any atom is 0.350 e. The van der Waals surface area contributed by atoms with Crippen LogP contribution in [0.15, 0.2) is 65.1 Å². The number of hydrogen-bond donors (Lipinski definition) is 0. The molecule has 0 unspecified atom stereocenters. The summed E-state index contributed by atoms with van der Waals surface area (Å²) in [5, 5.41) is 8.69. The van der Waals surface area contributed by atoms with Gasteiger partial charge in [-0.3, -0.25) is 0 Å². The Kier molecular flexibility index (Phi) is 4.76. The van der Waals surface area contributed by atoms with E-state index in [-0.39, 0.29) is 12.5 Å². The summed E-state index contributed by atoms with van der Waals surface area (Å²) in [6.07, 6.45) is 0. The van der Waals surface area contributed by atoms with Gasteiger partial charge in [0.25, 0.3) is 5.89 Å². The zero-order chi connectivity index (χ0) is 18.6. The lowest BCUT2D eigenvalue weighted by molar-refractivity contribution is 0.0443. The number of carbonyl (C=O) groups is 1. The average molecular weight is 377 g/mol. The van der Waals surface area contributed by atoms with Crippen LogP contribution in [-0.2, 0) is 11.3 Å². The summed E-state index contributed by atoms with van der Waals surface area (Å²) in [5.74, 6) is 0.182. The van der Waals surface area contributed by atoms with Crippen molar-refractivity contribution in [2.45, 2.75) is 13.5 Å². The zero-order valence-electron chi connectivity index (χ0n) is 14.5. The summed E-state index contributed by atoms with van der Waals surface area (Å²) >= 11 is 1.31. The van der Waals surface area contributed by atoms with Crippen molar-refractivity contribution in [2.75, 3.05) is 0 Å². The molecule has 0 aliphatic carbocycles. The first-order valence-electron chi connectivity index (χ1n) is 8.28. The number of aryl methyl sites for hydroxylation is 1. The standard InChI is InChI=1S/C20H15N3O3S/c1-13-17(27-19(21-13)15-10-6-3-7-11-15)20(24)25-12-16-22-23-18(26-16)14-8-4-2-5-9-14/h2-11H,12H2,1H3. The van der Waals surface area contributed by atoms with Crippen molar-refractivity contribution in [3.63, 3.8) is 0 Å². The second-order valence-corrected chi connectivity index (χ2v) is 6.74. The van der Waals surface area contributed by atoms with Gasteiger partial charge in [-0.1, -0.05) is 48.5 Å². The van der Waals surface area contributed by atoms with Crippen LogP contribution in [0.25, 0.3) is 22.0 Å². The molecular weight excluding hydrogens is 362 g/mol. The normalized spacial score (nSPS) is 10.7. The van der Waals surface area contributed by atoms with Gasteiger partial charge < -0.3 is 9.15 Å². The molecule has 0 saturated heterocycles. The number of nitrogens with zero attached hydrogens (tertiary/aromatic N) is 3. The fourth-order valence-corrected chi connectivity index (χ4v) is 3.46. The summed E-state index contributed by atoms with van der Waals surface area (Å²) in [6.45, 7) is 1.70. The molecule has 2 aromatic heterocycles. The minimum atomic E-state index is -0.452. The van der Waals surface area contributed by atoms with Crippen molar-refractivity contribution in [3.05, 3.63) is 77.1 Å². The Morgan fingerprint density at radius 2 is 1.67 bits per heavy atom. The molecule has 0 bridgehead atoms. The highest BCUT2D eigenvalue weighted by Crippen LogP contribution is 2.28. The number of benzene rings is 2. The van der Waals surface area contributed by atoms with Crippen molar-refractivity contribution in [1.82, 2.24) is 15.2 Å². The number of thiazole rings is 1. The van der Waals surface area contributed by atoms with Gasteiger partial charge in [-0.15, -0.1) is 21.5 Å². The highest BCUT2D eigenvalue weighted by molar-refractivity contribution is 7.17. The third-order valence-corrected chi connectivity index (χ3v) is 5.00. The molecule has 134 valence electrons. The maximum absolute atomic E-state index is 12.4. The van der Waals surface area contributed by atoms with Gasteiger partial charge in [0, 0.05) is 11.1 Å². The monoisotopic (exact) mass is 377 g/mol. The molecule has 27 heavy (non-hydrogen) atoms. The van der Waals surface area contributed by atoms with Crippen LogP contribution in [0.3, 0.4) is 0 Å². The summed E-state index contributed by atoms with van der Waals surface area (Å²) < 4.78 is 10.9. The van der Waals surface area contributed by atoms with Gasteiger partial charge in [0.1, 0.15) is 9.88 Å². The molecule has 0 amide bonds. The molecule has 0 fully saturated rings. The van der Waals surface area contributed by atoms with Crippen LogP contribution < -0.4 is 0 Å². The van der Waals surface area contributed by atoms with Crippen LogP contribution in [0.5, 0.6) is 0 Å². The van der Waals surface area contributed by atoms with Gasteiger partial charge in [0.05, 0.1) is 5.69 Å². The van der Waals surface area contributed by atoms with Crippen molar-refractivity contribution < 1.29 is 13.9 Å². The molecule has 6 nitrogen and oxygen atoms in total. The van der Waals surface area contributed by atoms with Crippen molar-refractivity contribution in [1.29, 1.82) is 0 Å². The molecule has 0 radical (unpaired) electrons. The highest BCUT2D eigenvalue weighted by atomic mass is 32.1. The molecule has 0 saturated carbocycles. The molecular formula is C20H15N3O3S. The molecule has 0 aliphatic heterocycles. The topological polar surface area (TPSA) is 78.1 Å². The lowest BCUT2D eigenvalue weighted by Crippen LogP contribution is -2.05. The van der Waals surface area contributed by atoms with Gasteiger partial charge >= 0.3 is 5.97 Å². The maximum atomic E-state index is 12.4. The molecule has 2 heterocycles. The SMILES string of the molecule is Cc1nc(-c2ccccc2)sc1C(=O)OCc1nnc(-c2ccccc2)o1. The lowest BCUT2D eigenvalue weighted by atomic mass is 10.2. The Morgan fingerprint density at radius 1 is 1.00 bits per heavy atom. The molecule has 0 N–H and O–H groups in total. The molecule has 4 aromatic rings. The van der Waals surface area contributed by atoms with E-state index >= 15 is 0 Å². The molecule has 0 aliphatic rings. The van der Waals surface area contributed by atoms with Crippen LogP contribution in [0.1, 0.15) is 21.3 Å². The Hall–Kier alpha value is -3.32. The van der Waals surface area contributed by atoms with Gasteiger partial charge in [0.2, 0.25) is 5.89 Å². The Morgan fingerprint density at radius 3 is 2.37 bits per heavy atom. The van der Waals surface area contributed by atoms with E-state index in [0.29, 0.717) is 16.5 Å². The zero-order valence-corrected chi connectivity index (χ0v) is 15.3. The Labute approximate surface area is 159 Å². The second kappa shape index (κ2) is 7.51. The minimum Gasteiger partial charge on any atom is -0.451 e. The predicted octanol–water partition coefficient (Wildman–Crippen LogP) is 4.53. The van der Waals surface area contributed by atoms with E-state index in [1.54, 1.807) is 6.92 Å². The van der Waals surface area contributed by atoms with Crippen LogP contribution >= 0.6 is 11.3 Å². The molecule has 0 spiro atoms. The van der Waals surface area contributed by atoms with E-state index < -0.39 is 5.97 Å². The summed E-state index contributed by atoms with van der Waals surface area (Å²) in [4.78, 5) is 17.4. The fourth-order valence-electron chi connectivity index (χ4n) is 2.49. The van der Waals surface area contributed by atoms with Crippen molar-refractivity contribution in [2.24, 2.45) is 0 Å². The highest BCUT2D eigenvalue weighted by Gasteiger charge is 2.19. The first kappa shape index (κ1) is 17.1. The van der Waals surface area contributed by atoms with Gasteiger partial charge in [-0.25, -0.2) is 9.78 Å². The van der Waals surface area contributed by atoms with Gasteiger partial charge in [0.15, 0.2) is 6.61 Å². The van der Waals surface area contributed by atoms with Crippen molar-refractivity contribution in [3.8, 4) is 22.0 Å². The van der Waals surface area contributed by atoms with E-state index in [4.69, 9.17) is 9.15 Å². The quantitative estimate of drug-likeness (QED) is 0.476. The second-order valence-electron chi connectivity index (χ2n) is 5.74.